The number of rotatable bonds is 3. The highest BCUT2D eigenvalue weighted by atomic mass is 16.3. The average Bonchev–Trinajstić information content (AvgIpc) is 2.09. The molecule has 0 bridgehead atoms. The molecule has 0 atom stereocenters. The number of aliphatic hydroxyl groups excluding tert-OH is 1. The normalized spacial score (nSPS) is 21.8. The highest BCUT2D eigenvalue weighted by Gasteiger charge is 2.24. The van der Waals surface area contributed by atoms with Crippen LogP contribution < -0.4 is 0 Å². The van der Waals surface area contributed by atoms with E-state index >= 15 is 0 Å². The van der Waals surface area contributed by atoms with Gasteiger partial charge >= 0.3 is 0 Å². The molecule has 0 saturated carbocycles. The minimum Gasteiger partial charge on any atom is -0.393 e. The van der Waals surface area contributed by atoms with Crippen LogP contribution in [0, 0.1) is 5.41 Å². The van der Waals surface area contributed by atoms with Crippen molar-refractivity contribution in [3.8, 4) is 0 Å². The Morgan fingerprint density at radius 3 is 2.46 bits per heavy atom. The predicted molar refractivity (Wildman–Crippen MR) is 51.5 cm³/mol. The number of hydrogen-bond donors (Lipinski definition) is 1. The summed E-state index contributed by atoms with van der Waals surface area (Å²) in [5.74, 6) is 0. The van der Waals surface area contributed by atoms with Gasteiger partial charge in [0.15, 0.2) is 0 Å². The first-order valence-corrected chi connectivity index (χ1v) is 4.90. The summed E-state index contributed by atoms with van der Waals surface area (Å²) in [5.41, 5.74) is -0.248. The molecule has 0 amide bonds. The van der Waals surface area contributed by atoms with Gasteiger partial charge in [0.05, 0.1) is 6.10 Å². The number of piperidine rings is 1. The number of aliphatic hydroxyl groups is 1. The van der Waals surface area contributed by atoms with E-state index in [1.165, 1.54) is 0 Å². The molecule has 0 aromatic carbocycles. The molecule has 1 rings (SSSR count). The number of nitrogens with zero attached hydrogens (tertiary/aromatic N) is 1. The highest BCUT2D eigenvalue weighted by molar-refractivity contribution is 5.58. The summed E-state index contributed by atoms with van der Waals surface area (Å²) >= 11 is 0. The highest BCUT2D eigenvalue weighted by Crippen LogP contribution is 2.17. The molecule has 1 aliphatic heterocycles. The third-order valence-electron chi connectivity index (χ3n) is 2.51. The molecule has 0 aliphatic carbocycles. The molecule has 1 aliphatic rings. The van der Waals surface area contributed by atoms with Gasteiger partial charge in [-0.1, -0.05) is 13.8 Å². The van der Waals surface area contributed by atoms with Crippen molar-refractivity contribution in [3.63, 3.8) is 0 Å². The van der Waals surface area contributed by atoms with Crippen molar-refractivity contribution in [2.45, 2.75) is 32.8 Å². The Balaban J connectivity index is 2.34. The first-order chi connectivity index (χ1) is 6.03. The summed E-state index contributed by atoms with van der Waals surface area (Å²) in [6, 6.07) is 0. The lowest BCUT2D eigenvalue weighted by atomic mass is 9.94. The van der Waals surface area contributed by atoms with Crippen LogP contribution >= 0.6 is 0 Å². The monoisotopic (exact) mass is 185 g/mol. The molecule has 3 heteroatoms. The second-order valence-electron chi connectivity index (χ2n) is 4.61. The van der Waals surface area contributed by atoms with Crippen LogP contribution in [-0.4, -0.2) is 42.0 Å². The topological polar surface area (TPSA) is 40.5 Å². The molecule has 0 radical (unpaired) electrons. The molecule has 0 spiro atoms. The van der Waals surface area contributed by atoms with E-state index in [0.717, 1.165) is 38.8 Å². The quantitative estimate of drug-likeness (QED) is 0.657. The second-order valence-corrected chi connectivity index (χ2v) is 4.61. The van der Waals surface area contributed by atoms with Crippen LogP contribution in [0.4, 0.5) is 0 Å². The Labute approximate surface area is 79.7 Å². The third-order valence-corrected chi connectivity index (χ3v) is 2.51. The van der Waals surface area contributed by atoms with Gasteiger partial charge in [0, 0.05) is 25.0 Å². The summed E-state index contributed by atoms with van der Waals surface area (Å²) in [6.07, 6.45) is 2.57. The number of aldehydes is 1. The lowest BCUT2D eigenvalue weighted by molar-refractivity contribution is -0.115. The number of hydrogen-bond acceptors (Lipinski definition) is 3. The van der Waals surface area contributed by atoms with E-state index in [9.17, 15) is 9.90 Å². The fourth-order valence-electron chi connectivity index (χ4n) is 1.69. The zero-order valence-corrected chi connectivity index (χ0v) is 8.49. The lowest BCUT2D eigenvalue weighted by Gasteiger charge is -2.33. The Hall–Kier alpha value is -0.410. The van der Waals surface area contributed by atoms with Crippen molar-refractivity contribution >= 4 is 6.29 Å². The standard InChI is InChI=1S/C10H19NO2/c1-10(2,8-12)7-11-5-3-9(13)4-6-11/h8-9,13H,3-7H2,1-2H3. The molecule has 1 fully saturated rings. The van der Waals surface area contributed by atoms with Gasteiger partial charge in [0.1, 0.15) is 6.29 Å². The van der Waals surface area contributed by atoms with Crippen LogP contribution in [0.5, 0.6) is 0 Å². The maximum atomic E-state index is 10.7. The fraction of sp³-hybridized carbons (Fsp3) is 0.900. The van der Waals surface area contributed by atoms with Gasteiger partial charge in [-0.15, -0.1) is 0 Å². The van der Waals surface area contributed by atoms with E-state index < -0.39 is 0 Å². The van der Waals surface area contributed by atoms with Crippen molar-refractivity contribution in [2.24, 2.45) is 5.41 Å². The minimum absolute atomic E-state index is 0.129. The number of carbonyl (C=O) groups is 1. The summed E-state index contributed by atoms with van der Waals surface area (Å²) in [4.78, 5) is 12.9. The number of carbonyl (C=O) groups excluding carboxylic acids is 1. The van der Waals surface area contributed by atoms with Crippen LogP contribution in [0.15, 0.2) is 0 Å². The average molecular weight is 185 g/mol. The largest absolute Gasteiger partial charge is 0.393 e. The minimum atomic E-state index is -0.248. The van der Waals surface area contributed by atoms with Crippen molar-refractivity contribution in [1.29, 1.82) is 0 Å². The smallest absolute Gasteiger partial charge is 0.126 e. The van der Waals surface area contributed by atoms with Crippen molar-refractivity contribution in [2.75, 3.05) is 19.6 Å². The van der Waals surface area contributed by atoms with Gasteiger partial charge in [-0.25, -0.2) is 0 Å². The van der Waals surface area contributed by atoms with Gasteiger partial charge in [0.2, 0.25) is 0 Å². The maximum absolute atomic E-state index is 10.7. The van der Waals surface area contributed by atoms with Crippen molar-refractivity contribution < 1.29 is 9.90 Å². The van der Waals surface area contributed by atoms with Crippen LogP contribution in [0.25, 0.3) is 0 Å². The molecule has 13 heavy (non-hydrogen) atoms. The van der Waals surface area contributed by atoms with Gasteiger partial charge in [0.25, 0.3) is 0 Å². The predicted octanol–water partition coefficient (Wildman–Crippen LogP) is 0.668. The zero-order chi connectivity index (χ0) is 9.90. The molecule has 0 unspecified atom stereocenters. The third kappa shape index (κ3) is 3.44. The molecule has 0 aromatic heterocycles. The van der Waals surface area contributed by atoms with E-state index in [1.807, 2.05) is 13.8 Å². The summed E-state index contributed by atoms with van der Waals surface area (Å²) in [6.45, 7) is 6.54. The first-order valence-electron chi connectivity index (χ1n) is 4.90. The maximum Gasteiger partial charge on any atom is 0.126 e. The molecule has 0 aromatic rings. The van der Waals surface area contributed by atoms with Crippen molar-refractivity contribution in [1.82, 2.24) is 4.90 Å². The summed E-state index contributed by atoms with van der Waals surface area (Å²) in [7, 11) is 0. The van der Waals surface area contributed by atoms with Crippen LogP contribution in [0.1, 0.15) is 26.7 Å². The summed E-state index contributed by atoms with van der Waals surface area (Å²) < 4.78 is 0. The van der Waals surface area contributed by atoms with E-state index in [2.05, 4.69) is 4.90 Å². The SMILES string of the molecule is CC(C)(C=O)CN1CCC(O)CC1. The Kier molecular flexibility index (Phi) is 3.45. The Morgan fingerprint density at radius 2 is 2.00 bits per heavy atom. The van der Waals surface area contributed by atoms with Crippen LogP contribution in [0.3, 0.4) is 0 Å². The molecule has 3 nitrogen and oxygen atoms in total. The lowest BCUT2D eigenvalue weighted by Crippen LogP contribution is -2.41. The second kappa shape index (κ2) is 4.20. The molecule has 76 valence electrons. The Bertz CT molecular complexity index is 172. The molecular weight excluding hydrogens is 166 g/mol. The van der Waals surface area contributed by atoms with Crippen LogP contribution in [-0.2, 0) is 4.79 Å². The van der Waals surface area contributed by atoms with Crippen LogP contribution in [0.2, 0.25) is 0 Å². The molecule has 1 heterocycles. The fourth-order valence-corrected chi connectivity index (χ4v) is 1.69. The van der Waals surface area contributed by atoms with E-state index in [4.69, 9.17) is 0 Å². The zero-order valence-electron chi connectivity index (χ0n) is 8.49. The van der Waals surface area contributed by atoms with Gasteiger partial charge < -0.3 is 14.8 Å². The molecular formula is C10H19NO2. The van der Waals surface area contributed by atoms with Gasteiger partial charge in [-0.2, -0.15) is 0 Å². The van der Waals surface area contributed by atoms with Gasteiger partial charge in [-0.3, -0.25) is 0 Å². The molecule has 1 N–H and O–H groups in total. The van der Waals surface area contributed by atoms with E-state index in [1.54, 1.807) is 0 Å². The van der Waals surface area contributed by atoms with E-state index in [-0.39, 0.29) is 11.5 Å². The van der Waals surface area contributed by atoms with E-state index in [0.29, 0.717) is 0 Å². The van der Waals surface area contributed by atoms with Crippen molar-refractivity contribution in [3.05, 3.63) is 0 Å². The summed E-state index contributed by atoms with van der Waals surface area (Å²) in [5, 5.41) is 9.29. The first kappa shape index (κ1) is 10.7. The Morgan fingerprint density at radius 1 is 1.46 bits per heavy atom. The molecule has 1 saturated heterocycles. The van der Waals surface area contributed by atoms with Gasteiger partial charge in [-0.05, 0) is 12.8 Å². The number of likely N-dealkylation sites (tertiary alicyclic amines) is 1.